The van der Waals surface area contributed by atoms with E-state index in [2.05, 4.69) is 5.73 Å². The van der Waals surface area contributed by atoms with Crippen molar-refractivity contribution in [1.29, 1.82) is 0 Å². The summed E-state index contributed by atoms with van der Waals surface area (Å²) in [4.78, 5) is 9.96. The van der Waals surface area contributed by atoms with Crippen LogP contribution in [0.3, 0.4) is 0 Å². The lowest BCUT2D eigenvalue weighted by molar-refractivity contribution is -0.108. The van der Waals surface area contributed by atoms with E-state index in [9.17, 15) is 4.79 Å². The number of aldehydes is 1. The van der Waals surface area contributed by atoms with Gasteiger partial charge in [0.15, 0.2) is 0 Å². The predicted molar refractivity (Wildman–Crippen MR) is 57.3 cm³/mol. The topological polar surface area (TPSA) is 52.3 Å². The summed E-state index contributed by atoms with van der Waals surface area (Å²) < 4.78 is 5.35. The molecule has 0 bridgehead atoms. The molecular formula is C11H17NO2. The molecule has 0 aliphatic carbocycles. The second-order valence-electron chi connectivity index (χ2n) is 2.47. The fourth-order valence-corrected chi connectivity index (χ4v) is 0.873. The molecule has 0 spiro atoms. The van der Waals surface area contributed by atoms with E-state index >= 15 is 0 Å². The van der Waals surface area contributed by atoms with Gasteiger partial charge in [0.1, 0.15) is 12.0 Å². The van der Waals surface area contributed by atoms with Crippen molar-refractivity contribution in [3.05, 3.63) is 30.3 Å². The third-order valence-corrected chi connectivity index (χ3v) is 1.48. The Bertz CT molecular complexity index is 224. The summed E-state index contributed by atoms with van der Waals surface area (Å²) in [5.74, 6) is 0.864. The van der Waals surface area contributed by atoms with Crippen LogP contribution in [0, 0.1) is 0 Å². The van der Waals surface area contributed by atoms with E-state index in [-0.39, 0.29) is 0 Å². The van der Waals surface area contributed by atoms with Crippen molar-refractivity contribution in [3.8, 4) is 5.75 Å². The number of ether oxygens (including phenoxy) is 1. The molecule has 78 valence electrons. The SMILES string of the molecule is CN.O=CCCCOc1ccccc1. The molecule has 3 heteroatoms. The van der Waals surface area contributed by atoms with Gasteiger partial charge in [0.2, 0.25) is 0 Å². The molecule has 0 atom stereocenters. The third kappa shape index (κ3) is 6.20. The number of carbonyl (C=O) groups excluding carboxylic acids is 1. The lowest BCUT2D eigenvalue weighted by Crippen LogP contribution is -1.96. The fraction of sp³-hybridized carbons (Fsp3) is 0.364. The van der Waals surface area contributed by atoms with E-state index in [0.717, 1.165) is 18.5 Å². The first kappa shape index (κ1) is 12.7. The van der Waals surface area contributed by atoms with Gasteiger partial charge in [0.25, 0.3) is 0 Å². The Kier molecular flexibility index (Phi) is 8.80. The first-order chi connectivity index (χ1) is 6.93. The maximum Gasteiger partial charge on any atom is 0.120 e. The molecule has 0 unspecified atom stereocenters. The van der Waals surface area contributed by atoms with E-state index in [0.29, 0.717) is 13.0 Å². The van der Waals surface area contributed by atoms with Crippen LogP contribution < -0.4 is 10.5 Å². The molecule has 3 nitrogen and oxygen atoms in total. The van der Waals surface area contributed by atoms with Gasteiger partial charge >= 0.3 is 0 Å². The van der Waals surface area contributed by atoms with Gasteiger partial charge in [-0.05, 0) is 25.6 Å². The summed E-state index contributed by atoms with van der Waals surface area (Å²) in [6.45, 7) is 0.614. The third-order valence-electron chi connectivity index (χ3n) is 1.48. The number of para-hydroxylation sites is 1. The zero-order valence-corrected chi connectivity index (χ0v) is 8.48. The van der Waals surface area contributed by atoms with E-state index in [4.69, 9.17) is 4.74 Å². The highest BCUT2D eigenvalue weighted by molar-refractivity contribution is 5.48. The summed E-state index contributed by atoms with van der Waals surface area (Å²) in [6.07, 6.45) is 2.28. The van der Waals surface area contributed by atoms with Crippen molar-refractivity contribution in [2.75, 3.05) is 13.7 Å². The lowest BCUT2D eigenvalue weighted by Gasteiger charge is -2.02. The average Bonchev–Trinajstić information content (AvgIpc) is 2.29. The van der Waals surface area contributed by atoms with E-state index in [1.807, 2.05) is 30.3 Å². The predicted octanol–water partition coefficient (Wildman–Crippen LogP) is 1.62. The van der Waals surface area contributed by atoms with Crippen molar-refractivity contribution >= 4 is 6.29 Å². The number of carbonyl (C=O) groups is 1. The molecule has 0 amide bonds. The standard InChI is InChI=1S/C10H12O2.CH5N/c11-8-4-5-9-12-10-6-2-1-3-7-10;1-2/h1-3,6-8H,4-5,9H2;2H2,1H3. The van der Waals surface area contributed by atoms with Crippen molar-refractivity contribution in [1.82, 2.24) is 0 Å². The molecule has 14 heavy (non-hydrogen) atoms. The molecule has 0 aliphatic rings. The molecule has 0 aliphatic heterocycles. The summed E-state index contributed by atoms with van der Waals surface area (Å²) >= 11 is 0. The number of nitrogens with two attached hydrogens (primary N) is 1. The molecule has 1 aromatic carbocycles. The second kappa shape index (κ2) is 9.74. The molecule has 0 fully saturated rings. The van der Waals surface area contributed by atoms with Crippen molar-refractivity contribution in [2.45, 2.75) is 12.8 Å². The van der Waals surface area contributed by atoms with Crippen LogP contribution in [0.15, 0.2) is 30.3 Å². The second-order valence-corrected chi connectivity index (χ2v) is 2.47. The maximum absolute atomic E-state index is 9.96. The Labute approximate surface area is 84.9 Å². The van der Waals surface area contributed by atoms with Crippen LogP contribution in [0.25, 0.3) is 0 Å². The van der Waals surface area contributed by atoms with Gasteiger partial charge in [-0.2, -0.15) is 0 Å². The summed E-state index contributed by atoms with van der Waals surface area (Å²) in [6, 6.07) is 9.60. The van der Waals surface area contributed by atoms with Crippen LogP contribution in [0.5, 0.6) is 5.75 Å². The van der Waals surface area contributed by atoms with Crippen molar-refractivity contribution in [3.63, 3.8) is 0 Å². The highest BCUT2D eigenvalue weighted by Crippen LogP contribution is 2.08. The number of hydrogen-bond acceptors (Lipinski definition) is 3. The van der Waals surface area contributed by atoms with Gasteiger partial charge in [-0.1, -0.05) is 18.2 Å². The summed E-state index contributed by atoms with van der Waals surface area (Å²) in [7, 11) is 1.50. The molecule has 2 N–H and O–H groups in total. The molecule has 1 aromatic rings. The largest absolute Gasteiger partial charge is 0.494 e. The molecule has 0 saturated heterocycles. The van der Waals surface area contributed by atoms with E-state index < -0.39 is 0 Å². The lowest BCUT2D eigenvalue weighted by atomic mass is 10.3. The van der Waals surface area contributed by atoms with Crippen LogP contribution in [-0.2, 0) is 4.79 Å². The number of hydrogen-bond donors (Lipinski definition) is 1. The molecule has 0 saturated carbocycles. The van der Waals surface area contributed by atoms with Gasteiger partial charge in [0, 0.05) is 6.42 Å². The highest BCUT2D eigenvalue weighted by Gasteiger charge is 1.89. The minimum absolute atomic E-state index is 0.576. The van der Waals surface area contributed by atoms with Crippen LogP contribution in [0.4, 0.5) is 0 Å². The summed E-state index contributed by atoms with van der Waals surface area (Å²) in [5, 5.41) is 0. The van der Waals surface area contributed by atoms with Gasteiger partial charge in [-0.25, -0.2) is 0 Å². The average molecular weight is 195 g/mol. The monoisotopic (exact) mass is 195 g/mol. The number of rotatable bonds is 5. The zero-order chi connectivity index (χ0) is 10.6. The Morgan fingerprint density at radius 3 is 2.50 bits per heavy atom. The Morgan fingerprint density at radius 1 is 1.29 bits per heavy atom. The van der Waals surface area contributed by atoms with Crippen LogP contribution in [-0.4, -0.2) is 19.9 Å². The first-order valence-corrected chi connectivity index (χ1v) is 4.62. The number of benzene rings is 1. The van der Waals surface area contributed by atoms with Crippen molar-refractivity contribution in [2.24, 2.45) is 5.73 Å². The van der Waals surface area contributed by atoms with Gasteiger partial charge in [-0.3, -0.25) is 0 Å². The van der Waals surface area contributed by atoms with Crippen LogP contribution in [0.1, 0.15) is 12.8 Å². The quantitative estimate of drug-likeness (QED) is 0.573. The Morgan fingerprint density at radius 2 is 1.93 bits per heavy atom. The molecule has 0 heterocycles. The zero-order valence-electron chi connectivity index (χ0n) is 8.48. The summed E-state index contributed by atoms with van der Waals surface area (Å²) in [5.41, 5.74) is 4.50. The van der Waals surface area contributed by atoms with Crippen LogP contribution in [0.2, 0.25) is 0 Å². The molecular weight excluding hydrogens is 178 g/mol. The molecule has 0 aromatic heterocycles. The van der Waals surface area contributed by atoms with Gasteiger partial charge in [-0.15, -0.1) is 0 Å². The maximum atomic E-state index is 9.96. The first-order valence-electron chi connectivity index (χ1n) is 4.62. The van der Waals surface area contributed by atoms with Crippen molar-refractivity contribution < 1.29 is 9.53 Å². The fourth-order valence-electron chi connectivity index (χ4n) is 0.873. The minimum Gasteiger partial charge on any atom is -0.494 e. The molecule has 0 radical (unpaired) electrons. The van der Waals surface area contributed by atoms with E-state index in [1.54, 1.807) is 0 Å². The smallest absolute Gasteiger partial charge is 0.120 e. The van der Waals surface area contributed by atoms with Gasteiger partial charge in [0.05, 0.1) is 6.61 Å². The molecule has 1 rings (SSSR count). The minimum atomic E-state index is 0.576. The number of unbranched alkanes of at least 4 members (excludes halogenated alkanes) is 1. The van der Waals surface area contributed by atoms with Crippen LogP contribution >= 0.6 is 0 Å². The van der Waals surface area contributed by atoms with Gasteiger partial charge < -0.3 is 15.3 Å². The highest BCUT2D eigenvalue weighted by atomic mass is 16.5. The normalized spacial score (nSPS) is 8.43. The van der Waals surface area contributed by atoms with E-state index in [1.165, 1.54) is 7.05 Å². The Hall–Kier alpha value is -1.35. The Balaban J connectivity index is 0.000000791.